The van der Waals surface area contributed by atoms with Gasteiger partial charge in [-0.25, -0.2) is 4.98 Å². The maximum absolute atomic E-state index is 12.9. The average molecular weight is 414 g/mol. The van der Waals surface area contributed by atoms with Crippen molar-refractivity contribution in [3.8, 4) is 0 Å². The second kappa shape index (κ2) is 10.3. The molecule has 162 valence electrons. The molecule has 3 rings (SSSR count). The number of nitrogens with one attached hydrogen (secondary N) is 2. The molecule has 0 spiro atoms. The van der Waals surface area contributed by atoms with Gasteiger partial charge in [-0.15, -0.1) is 0 Å². The molecule has 3 atom stereocenters. The Kier molecular flexibility index (Phi) is 7.57. The van der Waals surface area contributed by atoms with Gasteiger partial charge in [-0.3, -0.25) is 14.6 Å². The van der Waals surface area contributed by atoms with E-state index >= 15 is 0 Å². The summed E-state index contributed by atoms with van der Waals surface area (Å²) in [5, 5.41) is 6.11. The molecule has 2 N–H and O–H groups in total. The number of aromatic nitrogens is 3. The third kappa shape index (κ3) is 5.44. The summed E-state index contributed by atoms with van der Waals surface area (Å²) in [6.45, 7) is 4.96. The van der Waals surface area contributed by atoms with Gasteiger partial charge in [-0.05, 0) is 44.2 Å². The van der Waals surface area contributed by atoms with Crippen LogP contribution in [0.4, 0.5) is 0 Å². The van der Waals surface area contributed by atoms with Crippen molar-refractivity contribution in [1.82, 2.24) is 25.2 Å². The maximum atomic E-state index is 12.9. The molecule has 2 aromatic heterocycles. The lowest BCUT2D eigenvalue weighted by molar-refractivity contribution is -0.127. The summed E-state index contributed by atoms with van der Waals surface area (Å²) in [4.78, 5) is 33.9. The third-order valence-electron chi connectivity index (χ3n) is 5.53. The van der Waals surface area contributed by atoms with Crippen LogP contribution in [0.15, 0.2) is 30.9 Å². The van der Waals surface area contributed by atoms with E-state index in [1.54, 1.807) is 30.3 Å². The van der Waals surface area contributed by atoms with Crippen LogP contribution in [0.2, 0.25) is 0 Å². The lowest BCUT2D eigenvalue weighted by atomic mass is 9.83. The zero-order valence-electron chi connectivity index (χ0n) is 17.9. The van der Waals surface area contributed by atoms with Gasteiger partial charge in [0.2, 0.25) is 5.91 Å². The molecule has 8 heteroatoms. The molecule has 2 amide bonds. The van der Waals surface area contributed by atoms with E-state index in [9.17, 15) is 9.59 Å². The molecule has 0 bridgehead atoms. The number of imidazole rings is 1. The first kappa shape index (κ1) is 22.0. The van der Waals surface area contributed by atoms with E-state index in [-0.39, 0.29) is 29.9 Å². The van der Waals surface area contributed by atoms with Crippen molar-refractivity contribution in [2.75, 3.05) is 6.61 Å². The zero-order chi connectivity index (χ0) is 21.5. The van der Waals surface area contributed by atoms with E-state index in [0.717, 1.165) is 24.8 Å². The average Bonchev–Trinajstić information content (AvgIpc) is 3.09. The number of carbonyl (C=O) groups excluding carboxylic acids is 2. The minimum atomic E-state index is -0.221. The lowest BCUT2D eigenvalue weighted by Gasteiger charge is -2.36. The van der Waals surface area contributed by atoms with Gasteiger partial charge in [0.1, 0.15) is 5.69 Å². The highest BCUT2D eigenvalue weighted by molar-refractivity contribution is 5.94. The van der Waals surface area contributed by atoms with E-state index < -0.39 is 0 Å². The van der Waals surface area contributed by atoms with Crippen LogP contribution in [0.3, 0.4) is 0 Å². The lowest BCUT2D eigenvalue weighted by Crippen LogP contribution is -2.50. The van der Waals surface area contributed by atoms with Crippen molar-refractivity contribution >= 4 is 11.8 Å². The highest BCUT2D eigenvalue weighted by Gasteiger charge is 2.36. The van der Waals surface area contributed by atoms with E-state index in [0.29, 0.717) is 31.0 Å². The molecular formula is C22H31N5O3. The highest BCUT2D eigenvalue weighted by atomic mass is 16.5. The summed E-state index contributed by atoms with van der Waals surface area (Å²) in [6.07, 6.45) is 7.93. The predicted molar refractivity (Wildman–Crippen MR) is 113 cm³/mol. The SMILES string of the molecule is CCCO[C@@H]1CC[C@H](C(=O)NCc2cccnc2)C[C@H]1NC(=O)c1c(C)ncn1C. The molecule has 0 unspecified atom stereocenters. The molecular weight excluding hydrogens is 382 g/mol. The number of ether oxygens (including phenoxy) is 1. The van der Waals surface area contributed by atoms with Crippen LogP contribution in [0.5, 0.6) is 0 Å². The van der Waals surface area contributed by atoms with Gasteiger partial charge in [0.05, 0.1) is 24.2 Å². The number of amides is 2. The summed E-state index contributed by atoms with van der Waals surface area (Å²) < 4.78 is 7.72. The van der Waals surface area contributed by atoms with Crippen molar-refractivity contribution in [2.45, 2.75) is 58.2 Å². The molecule has 8 nitrogen and oxygen atoms in total. The molecule has 1 aliphatic carbocycles. The first-order chi connectivity index (χ1) is 14.5. The Hall–Kier alpha value is -2.74. The quantitative estimate of drug-likeness (QED) is 0.691. The Morgan fingerprint density at radius 1 is 1.33 bits per heavy atom. The van der Waals surface area contributed by atoms with Crippen molar-refractivity contribution in [1.29, 1.82) is 0 Å². The van der Waals surface area contributed by atoms with Crippen LogP contribution in [0.1, 0.15) is 54.4 Å². The monoisotopic (exact) mass is 413 g/mol. The molecule has 1 saturated carbocycles. The van der Waals surface area contributed by atoms with Crippen LogP contribution in [0, 0.1) is 12.8 Å². The zero-order valence-corrected chi connectivity index (χ0v) is 17.9. The molecule has 2 heterocycles. The summed E-state index contributed by atoms with van der Waals surface area (Å²) >= 11 is 0. The van der Waals surface area contributed by atoms with E-state index in [2.05, 4.69) is 27.5 Å². The largest absolute Gasteiger partial charge is 0.376 e. The molecule has 0 radical (unpaired) electrons. The summed E-state index contributed by atoms with van der Waals surface area (Å²) in [7, 11) is 1.80. The van der Waals surface area contributed by atoms with Crippen LogP contribution in [-0.4, -0.2) is 45.1 Å². The normalized spacial score (nSPS) is 21.2. The first-order valence-electron chi connectivity index (χ1n) is 10.6. The standard InChI is InChI=1S/C22H31N5O3/c1-4-10-30-19-8-7-17(21(28)24-13-16-6-5-9-23-12-16)11-18(19)26-22(29)20-15(2)25-14-27(20)3/h5-6,9,12,14,17-19H,4,7-8,10-11,13H2,1-3H3,(H,24,28)(H,26,29)/t17-,18+,19+/m0/s1. The fourth-order valence-corrected chi connectivity index (χ4v) is 3.95. The number of hydrogen-bond donors (Lipinski definition) is 2. The molecule has 2 aromatic rings. The van der Waals surface area contributed by atoms with Crippen LogP contribution >= 0.6 is 0 Å². The first-order valence-corrected chi connectivity index (χ1v) is 10.6. The number of carbonyl (C=O) groups is 2. The summed E-state index contributed by atoms with van der Waals surface area (Å²) in [5.74, 6) is -0.344. The van der Waals surface area contributed by atoms with Gasteiger partial charge < -0.3 is 19.9 Å². The minimum Gasteiger partial charge on any atom is -0.376 e. The number of rotatable bonds is 8. The molecule has 1 fully saturated rings. The van der Waals surface area contributed by atoms with Crippen molar-refractivity contribution < 1.29 is 14.3 Å². The van der Waals surface area contributed by atoms with Gasteiger partial charge in [-0.2, -0.15) is 0 Å². The number of hydrogen-bond acceptors (Lipinski definition) is 5. The highest BCUT2D eigenvalue weighted by Crippen LogP contribution is 2.28. The third-order valence-corrected chi connectivity index (χ3v) is 5.53. The van der Waals surface area contributed by atoms with Gasteiger partial charge in [-0.1, -0.05) is 13.0 Å². The second-order valence-corrected chi connectivity index (χ2v) is 7.87. The van der Waals surface area contributed by atoms with E-state index in [1.165, 1.54) is 0 Å². The van der Waals surface area contributed by atoms with Crippen LogP contribution in [-0.2, 0) is 23.1 Å². The van der Waals surface area contributed by atoms with Gasteiger partial charge in [0, 0.05) is 38.5 Å². The Morgan fingerprint density at radius 3 is 2.83 bits per heavy atom. The van der Waals surface area contributed by atoms with Gasteiger partial charge in [0.15, 0.2) is 0 Å². The molecule has 1 aliphatic rings. The summed E-state index contributed by atoms with van der Waals surface area (Å²) in [6, 6.07) is 3.56. The molecule has 0 aromatic carbocycles. The topological polar surface area (TPSA) is 98.1 Å². The van der Waals surface area contributed by atoms with Crippen molar-refractivity contribution in [3.05, 3.63) is 47.8 Å². The summed E-state index contributed by atoms with van der Waals surface area (Å²) in [5.41, 5.74) is 2.18. The van der Waals surface area contributed by atoms with Crippen molar-refractivity contribution in [2.24, 2.45) is 13.0 Å². The molecule has 30 heavy (non-hydrogen) atoms. The van der Waals surface area contributed by atoms with E-state index in [4.69, 9.17) is 4.74 Å². The van der Waals surface area contributed by atoms with Crippen LogP contribution < -0.4 is 10.6 Å². The Morgan fingerprint density at radius 2 is 2.17 bits per heavy atom. The number of nitrogens with zero attached hydrogens (tertiary/aromatic N) is 3. The van der Waals surface area contributed by atoms with Crippen molar-refractivity contribution in [3.63, 3.8) is 0 Å². The Bertz CT molecular complexity index is 832. The predicted octanol–water partition coefficient (Wildman–Crippen LogP) is 2.13. The van der Waals surface area contributed by atoms with E-state index in [1.807, 2.05) is 19.1 Å². The molecule has 0 saturated heterocycles. The van der Waals surface area contributed by atoms with Gasteiger partial charge >= 0.3 is 0 Å². The number of aryl methyl sites for hydroxylation is 2. The van der Waals surface area contributed by atoms with Gasteiger partial charge in [0.25, 0.3) is 5.91 Å². The maximum Gasteiger partial charge on any atom is 0.270 e. The van der Waals surface area contributed by atoms with Crippen LogP contribution in [0.25, 0.3) is 0 Å². The number of pyridine rings is 1. The molecule has 0 aliphatic heterocycles. The Balaban J connectivity index is 1.64. The smallest absolute Gasteiger partial charge is 0.270 e. The fraction of sp³-hybridized carbons (Fsp3) is 0.545. The fourth-order valence-electron chi connectivity index (χ4n) is 3.95. The Labute approximate surface area is 177 Å². The minimum absolute atomic E-state index is 0.00348. The second-order valence-electron chi connectivity index (χ2n) is 7.87.